The number of rotatable bonds is 2. The number of hydrogen-bond donors (Lipinski definition) is 0. The average Bonchev–Trinajstić information content (AvgIpc) is 3.10. The first-order valence-corrected chi connectivity index (χ1v) is 8.09. The van der Waals surface area contributed by atoms with Crippen LogP contribution in [0.15, 0.2) is 46.9 Å². The molecular weight excluding hydrogens is 306 g/mol. The molecule has 1 spiro atoms. The molecule has 1 unspecified atom stereocenters. The van der Waals surface area contributed by atoms with Gasteiger partial charge in [-0.05, 0) is 31.1 Å². The number of nitrogens with zero attached hydrogens (tertiary/aromatic N) is 1. The van der Waals surface area contributed by atoms with Crippen molar-refractivity contribution < 1.29 is 18.7 Å². The highest BCUT2D eigenvalue weighted by molar-refractivity contribution is 5.91. The molecule has 1 fully saturated rings. The molecule has 24 heavy (non-hydrogen) atoms. The average molecular weight is 325 g/mol. The molecule has 1 aromatic heterocycles. The van der Waals surface area contributed by atoms with Crippen LogP contribution in [-0.4, -0.2) is 36.6 Å². The normalized spacial score (nSPS) is 22.1. The van der Waals surface area contributed by atoms with Crippen molar-refractivity contribution in [3.05, 3.63) is 53.8 Å². The molecule has 0 radical (unpaired) electrons. The first kappa shape index (κ1) is 14.9. The lowest BCUT2D eigenvalue weighted by Gasteiger charge is -2.42. The second-order valence-corrected chi connectivity index (χ2v) is 6.19. The summed E-state index contributed by atoms with van der Waals surface area (Å²) in [6.07, 6.45) is 5.94. The lowest BCUT2D eigenvalue weighted by atomic mass is 9.89. The summed E-state index contributed by atoms with van der Waals surface area (Å²) in [6.45, 7) is 1.21. The summed E-state index contributed by atoms with van der Waals surface area (Å²) in [4.78, 5) is 14.5. The Kier molecular flexibility index (Phi) is 3.56. The minimum absolute atomic E-state index is 0.131. The van der Waals surface area contributed by atoms with E-state index in [9.17, 15) is 4.79 Å². The topological polar surface area (TPSA) is 51.9 Å². The van der Waals surface area contributed by atoms with Gasteiger partial charge in [-0.2, -0.15) is 0 Å². The summed E-state index contributed by atoms with van der Waals surface area (Å²) in [7, 11) is 1.51. The van der Waals surface area contributed by atoms with Crippen LogP contribution in [0.4, 0.5) is 0 Å². The van der Waals surface area contributed by atoms with Gasteiger partial charge in [-0.25, -0.2) is 0 Å². The van der Waals surface area contributed by atoms with Crippen molar-refractivity contribution in [1.82, 2.24) is 4.90 Å². The van der Waals surface area contributed by atoms with Gasteiger partial charge in [0.25, 0.3) is 11.9 Å². The lowest BCUT2D eigenvalue weighted by molar-refractivity contribution is 0.0215. The van der Waals surface area contributed by atoms with E-state index in [1.54, 1.807) is 17.0 Å². The zero-order chi connectivity index (χ0) is 16.6. The number of benzene rings is 1. The van der Waals surface area contributed by atoms with Crippen LogP contribution in [0.1, 0.15) is 29.0 Å². The third-order valence-electron chi connectivity index (χ3n) is 4.57. The third kappa shape index (κ3) is 2.56. The Hall–Kier alpha value is -2.69. The van der Waals surface area contributed by atoms with Crippen LogP contribution in [-0.2, 0) is 0 Å². The molecular formula is C19H19NO4. The molecule has 4 rings (SSSR count). The van der Waals surface area contributed by atoms with Crippen molar-refractivity contribution >= 4 is 12.0 Å². The highest BCUT2D eigenvalue weighted by Gasteiger charge is 2.39. The van der Waals surface area contributed by atoms with Gasteiger partial charge in [0, 0.05) is 18.2 Å². The number of amides is 1. The van der Waals surface area contributed by atoms with Crippen LogP contribution < -0.4 is 9.47 Å². The van der Waals surface area contributed by atoms with Gasteiger partial charge in [-0.3, -0.25) is 4.79 Å². The maximum absolute atomic E-state index is 12.7. The van der Waals surface area contributed by atoms with Gasteiger partial charge in [0.1, 0.15) is 11.4 Å². The Balaban J connectivity index is 1.55. The molecule has 1 saturated heterocycles. The van der Waals surface area contributed by atoms with Crippen molar-refractivity contribution in [2.24, 2.45) is 0 Å². The van der Waals surface area contributed by atoms with E-state index in [0.717, 1.165) is 24.2 Å². The number of piperidine rings is 1. The first-order chi connectivity index (χ1) is 11.7. The number of hydrogen-bond acceptors (Lipinski definition) is 4. The summed E-state index contributed by atoms with van der Waals surface area (Å²) in [6, 6.07) is 11.3. The highest BCUT2D eigenvalue weighted by atomic mass is 16.6. The van der Waals surface area contributed by atoms with Gasteiger partial charge in [-0.1, -0.05) is 24.3 Å². The molecule has 1 aromatic carbocycles. The molecule has 5 nitrogen and oxygen atoms in total. The summed E-state index contributed by atoms with van der Waals surface area (Å²) in [5.41, 5.74) is 0.612. The molecule has 5 heteroatoms. The number of carbonyl (C=O) groups excluding carboxylic acids is 1. The van der Waals surface area contributed by atoms with Crippen molar-refractivity contribution in [1.29, 1.82) is 0 Å². The van der Waals surface area contributed by atoms with E-state index in [0.29, 0.717) is 24.8 Å². The van der Waals surface area contributed by atoms with E-state index < -0.39 is 5.60 Å². The van der Waals surface area contributed by atoms with E-state index in [1.165, 1.54) is 7.11 Å². The second-order valence-electron chi connectivity index (χ2n) is 6.19. The molecule has 2 aliphatic heterocycles. The first-order valence-electron chi connectivity index (χ1n) is 8.09. The molecule has 1 amide bonds. The SMILES string of the molecule is COc1ccc(C(=O)N2CCCC3(C=Cc4ccccc4O3)C2)o1. The largest absolute Gasteiger partial charge is 0.481 e. The summed E-state index contributed by atoms with van der Waals surface area (Å²) < 4.78 is 16.7. The molecule has 2 aliphatic rings. The Morgan fingerprint density at radius 2 is 2.12 bits per heavy atom. The Bertz CT molecular complexity index is 794. The monoisotopic (exact) mass is 325 g/mol. The summed E-state index contributed by atoms with van der Waals surface area (Å²) >= 11 is 0. The zero-order valence-electron chi connectivity index (χ0n) is 13.5. The number of para-hydroxylation sites is 1. The fraction of sp³-hybridized carbons (Fsp3) is 0.316. The lowest BCUT2D eigenvalue weighted by Crippen LogP contribution is -2.53. The van der Waals surface area contributed by atoms with Crippen LogP contribution in [0.2, 0.25) is 0 Å². The van der Waals surface area contributed by atoms with Crippen LogP contribution >= 0.6 is 0 Å². The molecule has 2 aromatic rings. The van der Waals surface area contributed by atoms with Crippen LogP contribution in [0, 0.1) is 0 Å². The van der Waals surface area contributed by atoms with Gasteiger partial charge in [0.05, 0.1) is 13.7 Å². The van der Waals surface area contributed by atoms with E-state index in [1.807, 2.05) is 24.3 Å². The van der Waals surface area contributed by atoms with E-state index in [2.05, 4.69) is 12.2 Å². The number of likely N-dealkylation sites (tertiary alicyclic amines) is 1. The van der Waals surface area contributed by atoms with E-state index >= 15 is 0 Å². The molecule has 3 heterocycles. The Morgan fingerprint density at radius 3 is 2.96 bits per heavy atom. The predicted octanol–water partition coefficient (Wildman–Crippen LogP) is 3.37. The predicted molar refractivity (Wildman–Crippen MR) is 89.2 cm³/mol. The third-order valence-corrected chi connectivity index (χ3v) is 4.57. The van der Waals surface area contributed by atoms with Gasteiger partial charge in [0.2, 0.25) is 0 Å². The van der Waals surface area contributed by atoms with Crippen molar-refractivity contribution in [2.45, 2.75) is 18.4 Å². The van der Waals surface area contributed by atoms with Crippen molar-refractivity contribution in [3.63, 3.8) is 0 Å². The van der Waals surface area contributed by atoms with Gasteiger partial charge in [0.15, 0.2) is 5.76 Å². The molecule has 1 atom stereocenters. The maximum Gasteiger partial charge on any atom is 0.289 e. The Morgan fingerprint density at radius 1 is 1.25 bits per heavy atom. The number of ether oxygens (including phenoxy) is 2. The van der Waals surface area contributed by atoms with Crippen molar-refractivity contribution in [3.8, 4) is 11.7 Å². The standard InChI is InChI=1S/C19H19NO4/c1-22-17-8-7-16(23-17)18(21)20-12-4-10-19(13-20)11-9-14-5-2-3-6-15(14)24-19/h2-3,5-9,11H,4,10,12-13H2,1H3. The minimum Gasteiger partial charge on any atom is -0.481 e. The highest BCUT2D eigenvalue weighted by Crippen LogP contribution is 2.36. The van der Waals surface area contributed by atoms with E-state index in [-0.39, 0.29) is 5.91 Å². The maximum atomic E-state index is 12.7. The van der Waals surface area contributed by atoms with Gasteiger partial charge >= 0.3 is 0 Å². The minimum atomic E-state index is -0.459. The number of furan rings is 1. The quantitative estimate of drug-likeness (QED) is 0.849. The number of carbonyl (C=O) groups is 1. The molecule has 0 N–H and O–H groups in total. The van der Waals surface area contributed by atoms with Crippen molar-refractivity contribution in [2.75, 3.05) is 20.2 Å². The van der Waals surface area contributed by atoms with Crippen LogP contribution in [0.25, 0.3) is 6.08 Å². The summed E-state index contributed by atoms with van der Waals surface area (Å²) in [5.74, 6) is 1.37. The Labute approximate surface area is 140 Å². The number of fused-ring (bicyclic) bond motifs is 1. The smallest absolute Gasteiger partial charge is 0.289 e. The summed E-state index contributed by atoms with van der Waals surface area (Å²) in [5, 5.41) is 0. The number of methoxy groups -OCH3 is 1. The second kappa shape index (κ2) is 5.74. The van der Waals surface area contributed by atoms with Gasteiger partial charge in [-0.15, -0.1) is 0 Å². The zero-order valence-corrected chi connectivity index (χ0v) is 13.5. The fourth-order valence-electron chi connectivity index (χ4n) is 3.35. The molecule has 0 aliphatic carbocycles. The van der Waals surface area contributed by atoms with Crippen LogP contribution in [0.3, 0.4) is 0 Å². The van der Waals surface area contributed by atoms with Crippen LogP contribution in [0.5, 0.6) is 11.7 Å². The van der Waals surface area contributed by atoms with Gasteiger partial charge < -0.3 is 18.8 Å². The molecule has 0 saturated carbocycles. The fourth-order valence-corrected chi connectivity index (χ4v) is 3.35. The molecule has 0 bridgehead atoms. The van der Waals surface area contributed by atoms with E-state index in [4.69, 9.17) is 13.9 Å². The molecule has 124 valence electrons.